The number of urea groups is 1. The largest absolute Gasteiger partial charge is 0.347 e. The molecule has 18 heavy (non-hydrogen) atoms. The minimum absolute atomic E-state index is 0.0924. The third-order valence-corrected chi connectivity index (χ3v) is 4.31. The summed E-state index contributed by atoms with van der Waals surface area (Å²) in [7, 11) is 0. The van der Waals surface area contributed by atoms with E-state index >= 15 is 0 Å². The fourth-order valence-electron chi connectivity index (χ4n) is 3.17. The lowest BCUT2D eigenvalue weighted by molar-refractivity contribution is -0.181. The number of ether oxygens (including phenoxy) is 2. The number of likely N-dealkylation sites (tertiary alicyclic amines) is 1. The van der Waals surface area contributed by atoms with E-state index in [9.17, 15) is 4.79 Å². The monoisotopic (exact) mass is 254 g/mol. The Morgan fingerprint density at radius 1 is 1.11 bits per heavy atom. The van der Waals surface area contributed by atoms with Gasteiger partial charge in [0, 0.05) is 32.0 Å². The van der Waals surface area contributed by atoms with Crippen LogP contribution in [0.4, 0.5) is 4.79 Å². The summed E-state index contributed by atoms with van der Waals surface area (Å²) >= 11 is 0. The molecule has 2 heterocycles. The first-order valence-electron chi connectivity index (χ1n) is 7.11. The van der Waals surface area contributed by atoms with E-state index in [0.717, 1.165) is 38.8 Å². The number of nitrogens with zero attached hydrogens (tertiary/aromatic N) is 1. The lowest BCUT2D eigenvalue weighted by Gasteiger charge is -2.37. The lowest BCUT2D eigenvalue weighted by Crippen LogP contribution is -2.51. The van der Waals surface area contributed by atoms with Gasteiger partial charge in [-0.05, 0) is 12.8 Å². The van der Waals surface area contributed by atoms with Crippen LogP contribution in [0.25, 0.3) is 0 Å². The van der Waals surface area contributed by atoms with Gasteiger partial charge in [-0.1, -0.05) is 12.8 Å². The van der Waals surface area contributed by atoms with Crippen molar-refractivity contribution in [2.45, 2.75) is 50.4 Å². The van der Waals surface area contributed by atoms with E-state index in [1.54, 1.807) is 0 Å². The molecule has 0 aromatic carbocycles. The van der Waals surface area contributed by atoms with Gasteiger partial charge in [0.05, 0.1) is 13.2 Å². The summed E-state index contributed by atoms with van der Waals surface area (Å²) in [6, 6.07) is 0.488. The van der Waals surface area contributed by atoms with Gasteiger partial charge in [0.1, 0.15) is 0 Å². The van der Waals surface area contributed by atoms with Crippen LogP contribution < -0.4 is 5.32 Å². The van der Waals surface area contributed by atoms with Gasteiger partial charge in [0.15, 0.2) is 5.79 Å². The van der Waals surface area contributed by atoms with Gasteiger partial charge >= 0.3 is 6.03 Å². The maximum atomic E-state index is 12.1. The van der Waals surface area contributed by atoms with Crippen LogP contribution >= 0.6 is 0 Å². The number of rotatable bonds is 1. The summed E-state index contributed by atoms with van der Waals surface area (Å²) in [4.78, 5) is 14.0. The highest BCUT2D eigenvalue weighted by Gasteiger charge is 2.40. The maximum Gasteiger partial charge on any atom is 0.317 e. The molecule has 0 aromatic rings. The van der Waals surface area contributed by atoms with Crippen LogP contribution in [0, 0.1) is 0 Å². The Balaban J connectivity index is 1.48. The Kier molecular flexibility index (Phi) is 3.43. The van der Waals surface area contributed by atoms with Crippen LogP contribution in [-0.4, -0.2) is 49.1 Å². The highest BCUT2D eigenvalue weighted by atomic mass is 16.7. The van der Waals surface area contributed by atoms with Gasteiger partial charge in [0.25, 0.3) is 0 Å². The molecule has 1 spiro atoms. The summed E-state index contributed by atoms with van der Waals surface area (Å²) in [5.74, 6) is -0.385. The van der Waals surface area contributed by atoms with Crippen molar-refractivity contribution < 1.29 is 14.3 Å². The van der Waals surface area contributed by atoms with E-state index in [0.29, 0.717) is 19.3 Å². The van der Waals surface area contributed by atoms with Crippen molar-refractivity contribution in [3.8, 4) is 0 Å². The Labute approximate surface area is 108 Å². The first-order chi connectivity index (χ1) is 8.77. The summed E-state index contributed by atoms with van der Waals surface area (Å²) in [6.07, 6.45) is 6.35. The van der Waals surface area contributed by atoms with Crippen LogP contribution in [0.5, 0.6) is 0 Å². The van der Waals surface area contributed by atoms with E-state index in [1.165, 1.54) is 12.8 Å². The zero-order chi connectivity index (χ0) is 12.4. The highest BCUT2D eigenvalue weighted by Crippen LogP contribution is 2.31. The predicted octanol–water partition coefficient (Wildman–Crippen LogP) is 1.48. The molecule has 0 unspecified atom stereocenters. The molecule has 102 valence electrons. The molecule has 1 aliphatic carbocycles. The van der Waals surface area contributed by atoms with Crippen LogP contribution in [-0.2, 0) is 9.47 Å². The minimum atomic E-state index is -0.385. The molecule has 0 radical (unpaired) electrons. The fraction of sp³-hybridized carbons (Fsp3) is 0.923. The van der Waals surface area contributed by atoms with Crippen molar-refractivity contribution >= 4 is 6.03 Å². The number of nitrogens with one attached hydrogen (secondary N) is 1. The summed E-state index contributed by atoms with van der Waals surface area (Å²) in [5, 5.41) is 3.13. The van der Waals surface area contributed by atoms with Gasteiger partial charge in [-0.15, -0.1) is 0 Å². The molecule has 5 nitrogen and oxygen atoms in total. The van der Waals surface area contributed by atoms with Gasteiger partial charge in [-0.25, -0.2) is 4.79 Å². The Morgan fingerprint density at radius 3 is 2.33 bits per heavy atom. The second-order valence-corrected chi connectivity index (χ2v) is 5.53. The molecule has 0 atom stereocenters. The predicted molar refractivity (Wildman–Crippen MR) is 66.2 cm³/mol. The van der Waals surface area contributed by atoms with Crippen molar-refractivity contribution in [3.63, 3.8) is 0 Å². The van der Waals surface area contributed by atoms with Crippen molar-refractivity contribution in [2.24, 2.45) is 0 Å². The van der Waals surface area contributed by atoms with E-state index in [2.05, 4.69) is 5.32 Å². The number of hydrogen-bond acceptors (Lipinski definition) is 3. The molecule has 0 bridgehead atoms. The molecule has 3 aliphatic rings. The van der Waals surface area contributed by atoms with Gasteiger partial charge in [0.2, 0.25) is 0 Å². The molecule has 2 saturated heterocycles. The molecule has 3 fully saturated rings. The number of carbonyl (C=O) groups is 1. The maximum absolute atomic E-state index is 12.1. The molecular weight excluding hydrogens is 232 g/mol. The standard InChI is InChI=1S/C13H22N2O3/c16-12(14-11-3-1-2-4-11)15-7-5-13(6-8-15)17-9-10-18-13/h11H,1-10H2,(H,14,16). The average Bonchev–Trinajstić information content (AvgIpc) is 3.03. The molecular formula is C13H22N2O3. The van der Waals surface area contributed by atoms with Crippen molar-refractivity contribution in [1.82, 2.24) is 10.2 Å². The first kappa shape index (κ1) is 12.2. The van der Waals surface area contributed by atoms with Gasteiger partial charge < -0.3 is 19.7 Å². The van der Waals surface area contributed by atoms with Crippen LogP contribution in [0.15, 0.2) is 0 Å². The normalized spacial score (nSPS) is 27.9. The zero-order valence-corrected chi connectivity index (χ0v) is 10.8. The van der Waals surface area contributed by atoms with Crippen LogP contribution in [0.1, 0.15) is 38.5 Å². The SMILES string of the molecule is O=C(NC1CCCC1)N1CCC2(CC1)OCCO2. The zero-order valence-electron chi connectivity index (χ0n) is 10.8. The molecule has 1 N–H and O–H groups in total. The molecule has 1 saturated carbocycles. The second kappa shape index (κ2) is 5.05. The van der Waals surface area contributed by atoms with Crippen molar-refractivity contribution in [3.05, 3.63) is 0 Å². The summed E-state index contributed by atoms with van der Waals surface area (Å²) in [5.41, 5.74) is 0. The van der Waals surface area contributed by atoms with E-state index in [1.807, 2.05) is 4.90 Å². The quantitative estimate of drug-likeness (QED) is 0.771. The third-order valence-electron chi connectivity index (χ3n) is 4.31. The van der Waals surface area contributed by atoms with E-state index in [-0.39, 0.29) is 11.8 Å². The number of amides is 2. The second-order valence-electron chi connectivity index (χ2n) is 5.53. The third kappa shape index (κ3) is 2.47. The van der Waals surface area contributed by atoms with Crippen LogP contribution in [0.2, 0.25) is 0 Å². The molecule has 5 heteroatoms. The van der Waals surface area contributed by atoms with E-state index in [4.69, 9.17) is 9.47 Å². The van der Waals surface area contributed by atoms with Crippen LogP contribution in [0.3, 0.4) is 0 Å². The molecule has 2 aliphatic heterocycles. The molecule has 3 rings (SSSR count). The summed E-state index contributed by atoms with van der Waals surface area (Å²) < 4.78 is 11.3. The Morgan fingerprint density at radius 2 is 1.72 bits per heavy atom. The highest BCUT2D eigenvalue weighted by molar-refractivity contribution is 5.74. The van der Waals surface area contributed by atoms with E-state index < -0.39 is 0 Å². The lowest BCUT2D eigenvalue weighted by atomic mass is 10.0. The number of piperidine rings is 1. The van der Waals surface area contributed by atoms with Crippen molar-refractivity contribution in [2.75, 3.05) is 26.3 Å². The van der Waals surface area contributed by atoms with Gasteiger partial charge in [-0.2, -0.15) is 0 Å². The van der Waals surface area contributed by atoms with Crippen molar-refractivity contribution in [1.29, 1.82) is 0 Å². The fourth-order valence-corrected chi connectivity index (χ4v) is 3.17. The summed E-state index contributed by atoms with van der Waals surface area (Å²) in [6.45, 7) is 2.85. The Hall–Kier alpha value is -0.810. The Bertz CT molecular complexity index is 299. The molecule has 0 aromatic heterocycles. The topological polar surface area (TPSA) is 50.8 Å². The minimum Gasteiger partial charge on any atom is -0.347 e. The number of carbonyl (C=O) groups excluding carboxylic acids is 1. The average molecular weight is 254 g/mol. The first-order valence-corrected chi connectivity index (χ1v) is 7.11. The smallest absolute Gasteiger partial charge is 0.317 e. The molecule has 2 amide bonds. The number of hydrogen-bond donors (Lipinski definition) is 1. The van der Waals surface area contributed by atoms with Gasteiger partial charge in [-0.3, -0.25) is 0 Å².